The van der Waals surface area contributed by atoms with Crippen LogP contribution in [0.5, 0.6) is 5.75 Å². The number of nitrogens with zero attached hydrogens (tertiary/aromatic N) is 3. The second kappa shape index (κ2) is 14.4. The van der Waals surface area contributed by atoms with E-state index in [4.69, 9.17) is 21.0 Å². The van der Waals surface area contributed by atoms with Crippen molar-refractivity contribution in [2.45, 2.75) is 73.4 Å². The van der Waals surface area contributed by atoms with Gasteiger partial charge >= 0.3 is 5.97 Å². The maximum Gasteiger partial charge on any atom is 0.331 e. The highest BCUT2D eigenvalue weighted by Crippen LogP contribution is 2.38. The Bertz CT molecular complexity index is 2150. The molecular weight excluding hydrogens is 646 g/mol. The lowest BCUT2D eigenvalue weighted by molar-refractivity contribution is -0.0443. The maximum absolute atomic E-state index is 13.7. The number of carbonyl (C=O) groups excluding carboxylic acids is 2. The minimum atomic E-state index is -1.70. The lowest BCUT2D eigenvalue weighted by atomic mass is 9.75. The molecule has 2 unspecified atom stereocenters. The second-order valence-electron chi connectivity index (χ2n) is 13.9. The number of aliphatic hydroxyl groups is 2. The zero-order chi connectivity index (χ0) is 36.6. The Balaban J connectivity index is 1.25. The normalized spacial score (nSPS) is 18.8. The van der Waals surface area contributed by atoms with E-state index in [9.17, 15) is 19.8 Å². The molecule has 1 saturated carbocycles. The number of anilines is 1. The summed E-state index contributed by atoms with van der Waals surface area (Å²) in [5, 5.41) is 25.8. The quantitative estimate of drug-likeness (QED) is 0.0702. The van der Waals surface area contributed by atoms with E-state index in [-0.39, 0.29) is 47.3 Å². The van der Waals surface area contributed by atoms with E-state index in [0.29, 0.717) is 51.2 Å². The highest BCUT2D eigenvalue weighted by Gasteiger charge is 2.36. The third-order valence-electron chi connectivity index (χ3n) is 9.87. The van der Waals surface area contributed by atoms with Crippen LogP contribution in [0.3, 0.4) is 0 Å². The highest BCUT2D eigenvalue weighted by atomic mass is 16.5. The van der Waals surface area contributed by atoms with Gasteiger partial charge in [0.1, 0.15) is 24.0 Å². The van der Waals surface area contributed by atoms with Crippen LogP contribution in [0.4, 0.5) is 11.4 Å². The van der Waals surface area contributed by atoms with Crippen molar-refractivity contribution in [2.75, 3.05) is 5.32 Å². The lowest BCUT2D eigenvalue weighted by Crippen LogP contribution is -2.37. The van der Waals surface area contributed by atoms with Crippen LogP contribution >= 0.6 is 0 Å². The third kappa shape index (κ3) is 7.11. The van der Waals surface area contributed by atoms with Crippen LogP contribution in [-0.2, 0) is 11.3 Å². The standard InChI is InChI=1S/C40H43N5O6/c1-21-12-15-30(39(47)48)32(18-21)50-20-28-10-8-9-11-29(28)38(46)42-31-19-27(14-13-23(31)3)36-43-37-33(34(41-7)26(6)45(37)44-36)40(49)51-35-24(4)16-22(2)17-25(35)5/h8-15,18-19,22,24-25,35,39,47-48H,16-17,20H2,1-6H3,(H,42,46)(H,43,44). The molecule has 1 aliphatic carbocycles. The predicted octanol–water partition coefficient (Wildman–Crippen LogP) is 7.85. The van der Waals surface area contributed by atoms with Crippen molar-refractivity contribution in [2.24, 2.45) is 17.8 Å². The van der Waals surface area contributed by atoms with Gasteiger partial charge in [-0.2, -0.15) is 0 Å². The fourth-order valence-electron chi connectivity index (χ4n) is 7.30. The first-order valence-corrected chi connectivity index (χ1v) is 17.1. The molecule has 1 aliphatic rings. The molecule has 2 aromatic heterocycles. The Hall–Kier alpha value is -5.44. The largest absolute Gasteiger partial charge is 0.488 e. The van der Waals surface area contributed by atoms with Gasteiger partial charge in [-0.3, -0.25) is 14.4 Å². The molecule has 0 aliphatic heterocycles. The summed E-state index contributed by atoms with van der Waals surface area (Å²) in [7, 11) is 0. The van der Waals surface area contributed by atoms with Crippen molar-refractivity contribution in [1.82, 2.24) is 14.6 Å². The van der Waals surface area contributed by atoms with Crippen molar-refractivity contribution >= 4 is 28.9 Å². The number of nitrogens with one attached hydrogen (secondary N) is 2. The molecule has 11 heteroatoms. The Morgan fingerprint density at radius 1 is 1.04 bits per heavy atom. The molecule has 1 amide bonds. The summed E-state index contributed by atoms with van der Waals surface area (Å²) >= 11 is 0. The van der Waals surface area contributed by atoms with Gasteiger partial charge in [-0.05, 0) is 86.8 Å². The van der Waals surface area contributed by atoms with Gasteiger partial charge in [0.05, 0.1) is 6.57 Å². The second-order valence-corrected chi connectivity index (χ2v) is 13.9. The van der Waals surface area contributed by atoms with Gasteiger partial charge in [-0.15, -0.1) is 0 Å². The molecule has 3 aromatic carbocycles. The Morgan fingerprint density at radius 2 is 1.76 bits per heavy atom. The first-order valence-electron chi connectivity index (χ1n) is 17.1. The summed E-state index contributed by atoms with van der Waals surface area (Å²) in [6.45, 7) is 19.8. The molecule has 0 spiro atoms. The molecule has 264 valence electrons. The Kier molecular flexibility index (Phi) is 10.0. The molecule has 6 rings (SSSR count). The molecule has 0 saturated heterocycles. The molecule has 0 bridgehead atoms. The van der Waals surface area contributed by atoms with Crippen molar-refractivity contribution in [1.29, 1.82) is 0 Å². The number of hydrogen-bond donors (Lipinski definition) is 4. The fourth-order valence-corrected chi connectivity index (χ4v) is 7.30. The molecular formula is C40H43N5O6. The van der Waals surface area contributed by atoms with Crippen molar-refractivity contribution in [3.63, 3.8) is 0 Å². The number of aromatic nitrogens is 3. The molecule has 4 N–H and O–H groups in total. The summed E-state index contributed by atoms with van der Waals surface area (Å²) in [6.07, 6.45) is 0.0118. The number of hydrogen-bond acceptors (Lipinski definition) is 7. The number of amides is 1. The SMILES string of the molecule is [C-]#[N+]c1c(C(=O)OC2C(C)CC(C)CC2C)c2nc(-c3ccc(C)c(NC(=O)c4ccccc4COc4cc(C)ccc4C(O)O)c3)[nH]n2c1C. The molecule has 1 fully saturated rings. The first-order chi connectivity index (χ1) is 24.4. The van der Waals surface area contributed by atoms with Crippen LogP contribution in [0.1, 0.15) is 88.6 Å². The zero-order valence-electron chi connectivity index (χ0n) is 29.7. The number of fused-ring (bicyclic) bond motifs is 1. The van der Waals surface area contributed by atoms with Gasteiger partial charge in [-0.25, -0.2) is 14.6 Å². The van der Waals surface area contributed by atoms with Crippen LogP contribution < -0.4 is 10.1 Å². The van der Waals surface area contributed by atoms with Crippen molar-refractivity contribution < 1.29 is 29.3 Å². The number of ether oxygens (including phenoxy) is 2. The molecule has 2 heterocycles. The van der Waals surface area contributed by atoms with Crippen LogP contribution in [0.15, 0.2) is 60.7 Å². The number of rotatable bonds is 9. The van der Waals surface area contributed by atoms with Crippen LogP contribution in [0.25, 0.3) is 21.9 Å². The fraction of sp³-hybridized carbons (Fsp3) is 0.350. The minimum Gasteiger partial charge on any atom is -0.488 e. The monoisotopic (exact) mass is 689 g/mol. The number of benzene rings is 3. The molecule has 2 atom stereocenters. The Labute approximate surface area is 297 Å². The highest BCUT2D eigenvalue weighted by molar-refractivity contribution is 6.06. The van der Waals surface area contributed by atoms with Crippen molar-refractivity contribution in [3.8, 4) is 17.1 Å². The maximum atomic E-state index is 13.7. The summed E-state index contributed by atoms with van der Waals surface area (Å²) in [6, 6.07) is 17.7. The number of aromatic amines is 1. The Morgan fingerprint density at radius 3 is 2.47 bits per heavy atom. The van der Waals surface area contributed by atoms with Crippen LogP contribution in [0, 0.1) is 45.1 Å². The van der Waals surface area contributed by atoms with Crippen molar-refractivity contribution in [3.05, 3.63) is 111 Å². The van der Waals surface area contributed by atoms with E-state index in [1.165, 1.54) is 0 Å². The number of aryl methyl sites for hydroxylation is 3. The van der Waals surface area contributed by atoms with Gasteiger partial charge in [0.2, 0.25) is 5.69 Å². The zero-order valence-corrected chi connectivity index (χ0v) is 29.7. The third-order valence-corrected chi connectivity index (χ3v) is 9.87. The lowest BCUT2D eigenvalue weighted by Gasteiger charge is -2.37. The molecule has 11 nitrogen and oxygen atoms in total. The van der Waals surface area contributed by atoms with E-state index >= 15 is 0 Å². The smallest absolute Gasteiger partial charge is 0.331 e. The number of H-pyrrole nitrogens is 1. The summed E-state index contributed by atoms with van der Waals surface area (Å²) in [5.74, 6) is 0.860. The number of esters is 1. The van der Waals surface area contributed by atoms with Crippen LogP contribution in [0.2, 0.25) is 0 Å². The van der Waals surface area contributed by atoms with E-state index in [2.05, 4.69) is 36.0 Å². The van der Waals surface area contributed by atoms with Gasteiger partial charge in [0.25, 0.3) is 5.91 Å². The number of carbonyl (C=O) groups is 2. The number of aliphatic hydroxyl groups excluding tert-OH is 1. The first kappa shape index (κ1) is 35.4. The topological polar surface area (TPSA) is 143 Å². The van der Waals surface area contributed by atoms with Gasteiger partial charge < -0.3 is 25.0 Å². The van der Waals surface area contributed by atoms with E-state index in [1.54, 1.807) is 53.9 Å². The van der Waals surface area contributed by atoms with Crippen LogP contribution in [-0.4, -0.2) is 42.8 Å². The van der Waals surface area contributed by atoms with E-state index in [0.717, 1.165) is 24.0 Å². The molecule has 0 radical (unpaired) electrons. The van der Waals surface area contributed by atoms with E-state index < -0.39 is 12.3 Å². The van der Waals surface area contributed by atoms with Gasteiger partial charge in [0.15, 0.2) is 17.8 Å². The summed E-state index contributed by atoms with van der Waals surface area (Å²) in [4.78, 5) is 35.8. The average Bonchev–Trinajstić information content (AvgIpc) is 3.63. The van der Waals surface area contributed by atoms with Gasteiger partial charge in [0, 0.05) is 33.6 Å². The molecule has 5 aromatic rings. The van der Waals surface area contributed by atoms with Gasteiger partial charge in [-0.1, -0.05) is 57.2 Å². The minimum absolute atomic E-state index is 0.0272. The average molecular weight is 690 g/mol. The predicted molar refractivity (Wildman–Crippen MR) is 194 cm³/mol. The molecule has 51 heavy (non-hydrogen) atoms. The van der Waals surface area contributed by atoms with E-state index in [1.807, 2.05) is 32.0 Å². The summed E-state index contributed by atoms with van der Waals surface area (Å²) in [5.41, 5.74) is 5.40. The summed E-state index contributed by atoms with van der Waals surface area (Å²) < 4.78 is 13.7.